The Labute approximate surface area is 145 Å². The number of likely N-dealkylation sites (N-methyl/N-ethyl adjacent to an activating group) is 1. The van der Waals surface area contributed by atoms with Crippen LogP contribution < -0.4 is 27.0 Å². The second-order valence-electron chi connectivity index (χ2n) is 5.05. The zero-order valence-corrected chi connectivity index (χ0v) is 14.8. The van der Waals surface area contributed by atoms with E-state index in [9.17, 15) is 19.2 Å². The minimum atomic E-state index is -0.676. The maximum Gasteiger partial charge on any atom is 0.239 e. The first kappa shape index (κ1) is 21.9. The Hall–Kier alpha value is -2.07. The number of hydrogen-bond acceptors (Lipinski definition) is 6. The summed E-state index contributed by atoms with van der Waals surface area (Å²) >= 11 is 1.56. The summed E-state index contributed by atoms with van der Waals surface area (Å²) in [5.74, 6) is -0.733. The van der Waals surface area contributed by atoms with Gasteiger partial charge in [0.25, 0.3) is 0 Å². The third-order valence-corrected chi connectivity index (χ3v) is 3.89. The first-order chi connectivity index (χ1) is 11.3. The highest BCUT2D eigenvalue weighted by molar-refractivity contribution is 7.99. The number of hydrogen-bond donors (Lipinski definition) is 5. The number of carbonyl (C=O) groups excluding carboxylic acids is 4. The summed E-state index contributed by atoms with van der Waals surface area (Å²) in [6, 6.07) is -0.430. The molecule has 0 fully saturated rings. The van der Waals surface area contributed by atoms with E-state index in [0.29, 0.717) is 5.75 Å². The molecular weight excluding hydrogens is 334 g/mol. The molecule has 0 aromatic rings. The average Bonchev–Trinajstić information content (AvgIpc) is 2.52. The topological polar surface area (TPSA) is 142 Å². The third kappa shape index (κ3) is 11.5. The van der Waals surface area contributed by atoms with Crippen LogP contribution in [0.2, 0.25) is 0 Å². The molecule has 136 valence electrons. The highest BCUT2D eigenvalue weighted by Crippen LogP contribution is 2.07. The van der Waals surface area contributed by atoms with Gasteiger partial charge in [-0.2, -0.15) is 11.8 Å². The van der Waals surface area contributed by atoms with Crippen molar-refractivity contribution in [3.63, 3.8) is 0 Å². The van der Waals surface area contributed by atoms with Gasteiger partial charge >= 0.3 is 0 Å². The zero-order chi connectivity index (χ0) is 18.5. The van der Waals surface area contributed by atoms with Gasteiger partial charge in [0.2, 0.25) is 23.6 Å². The zero-order valence-electron chi connectivity index (χ0n) is 13.9. The summed E-state index contributed by atoms with van der Waals surface area (Å²) in [7, 11) is 1.66. The van der Waals surface area contributed by atoms with Crippen LogP contribution in [0.1, 0.15) is 6.92 Å². The van der Waals surface area contributed by atoms with Crippen molar-refractivity contribution in [1.82, 2.24) is 21.3 Å². The van der Waals surface area contributed by atoms with Crippen LogP contribution in [0.5, 0.6) is 0 Å². The Bertz CT molecular complexity index is 484. The number of rotatable bonds is 12. The van der Waals surface area contributed by atoms with Crippen LogP contribution in [0, 0.1) is 0 Å². The van der Waals surface area contributed by atoms with E-state index >= 15 is 0 Å². The Morgan fingerprint density at radius 1 is 1.04 bits per heavy atom. The number of thioether (sulfide) groups is 1. The molecule has 0 saturated heterocycles. The smallest absolute Gasteiger partial charge is 0.239 e. The SMILES string of the molecule is C=C(C)CSC[C@@H](NC)C(=O)NCC(=O)NCC(=O)NCC(N)=O. The Kier molecular flexibility index (Phi) is 11.3. The van der Waals surface area contributed by atoms with E-state index in [2.05, 4.69) is 27.8 Å². The molecule has 4 amide bonds. The maximum absolute atomic E-state index is 12.0. The van der Waals surface area contributed by atoms with E-state index in [-0.39, 0.29) is 25.5 Å². The van der Waals surface area contributed by atoms with Crippen molar-refractivity contribution < 1.29 is 19.2 Å². The Balaban J connectivity index is 4.01. The monoisotopic (exact) mass is 359 g/mol. The molecule has 0 aromatic heterocycles. The predicted molar refractivity (Wildman–Crippen MR) is 93.2 cm³/mol. The molecule has 6 N–H and O–H groups in total. The molecule has 0 radical (unpaired) electrons. The van der Waals surface area contributed by atoms with Crippen LogP contribution in [0.4, 0.5) is 0 Å². The van der Waals surface area contributed by atoms with Gasteiger partial charge < -0.3 is 27.0 Å². The van der Waals surface area contributed by atoms with Gasteiger partial charge in [0.15, 0.2) is 0 Å². The fraction of sp³-hybridized carbons (Fsp3) is 0.571. The number of carbonyl (C=O) groups is 4. The molecule has 0 aliphatic carbocycles. The highest BCUT2D eigenvalue weighted by atomic mass is 32.2. The summed E-state index contributed by atoms with van der Waals surface area (Å²) in [4.78, 5) is 45.3. The lowest BCUT2D eigenvalue weighted by molar-refractivity contribution is -0.128. The van der Waals surface area contributed by atoms with Crippen LogP contribution >= 0.6 is 11.8 Å². The van der Waals surface area contributed by atoms with E-state index in [1.165, 1.54) is 0 Å². The summed E-state index contributed by atoms with van der Waals surface area (Å²) in [6.07, 6.45) is 0. The molecule has 1 atom stereocenters. The van der Waals surface area contributed by atoms with Gasteiger partial charge in [0.05, 0.1) is 25.7 Å². The second-order valence-corrected chi connectivity index (χ2v) is 6.08. The minimum Gasteiger partial charge on any atom is -0.368 e. The fourth-order valence-electron chi connectivity index (χ4n) is 1.42. The first-order valence-corrected chi connectivity index (χ1v) is 8.40. The van der Waals surface area contributed by atoms with Gasteiger partial charge in [-0.3, -0.25) is 19.2 Å². The molecule has 0 aliphatic rings. The molecule has 0 saturated carbocycles. The van der Waals surface area contributed by atoms with Crippen LogP contribution in [0.25, 0.3) is 0 Å². The molecule has 0 aromatic carbocycles. The standard InChI is InChI=1S/C14H25N5O4S/c1-9(2)7-24-8-10(16-3)14(23)19-6-13(22)18-5-12(21)17-4-11(15)20/h10,16H,1,4-8H2,2-3H3,(H2,15,20)(H,17,21)(H,18,22)(H,19,23)/t10-/m1/s1. The summed E-state index contributed by atoms with van der Waals surface area (Å²) < 4.78 is 0. The maximum atomic E-state index is 12.0. The number of nitrogens with two attached hydrogens (primary N) is 1. The molecule has 0 aliphatic heterocycles. The van der Waals surface area contributed by atoms with Crippen molar-refractivity contribution in [2.45, 2.75) is 13.0 Å². The van der Waals surface area contributed by atoms with Crippen molar-refractivity contribution in [1.29, 1.82) is 0 Å². The van der Waals surface area contributed by atoms with E-state index in [1.54, 1.807) is 18.8 Å². The molecule has 0 heterocycles. The van der Waals surface area contributed by atoms with E-state index in [1.807, 2.05) is 6.92 Å². The normalized spacial score (nSPS) is 11.2. The molecule has 0 spiro atoms. The number of nitrogens with one attached hydrogen (secondary N) is 4. The lowest BCUT2D eigenvalue weighted by atomic mass is 10.3. The Morgan fingerprint density at radius 3 is 2.08 bits per heavy atom. The number of primary amides is 1. The van der Waals surface area contributed by atoms with Gasteiger partial charge in [0.1, 0.15) is 0 Å². The lowest BCUT2D eigenvalue weighted by Gasteiger charge is -2.15. The van der Waals surface area contributed by atoms with Gasteiger partial charge in [-0.05, 0) is 14.0 Å². The summed E-state index contributed by atoms with van der Waals surface area (Å²) in [5.41, 5.74) is 5.89. The van der Waals surface area contributed by atoms with E-state index < -0.39 is 23.8 Å². The second kappa shape index (κ2) is 12.4. The van der Waals surface area contributed by atoms with Crippen molar-refractivity contribution >= 4 is 35.4 Å². The lowest BCUT2D eigenvalue weighted by Crippen LogP contribution is -2.48. The fourth-order valence-corrected chi connectivity index (χ4v) is 2.44. The van der Waals surface area contributed by atoms with Crippen molar-refractivity contribution in [3.8, 4) is 0 Å². The molecule has 10 heteroatoms. The number of amides is 4. The third-order valence-electron chi connectivity index (χ3n) is 2.63. The van der Waals surface area contributed by atoms with E-state index in [0.717, 1.165) is 11.3 Å². The van der Waals surface area contributed by atoms with Crippen LogP contribution in [0.3, 0.4) is 0 Å². The van der Waals surface area contributed by atoms with Crippen molar-refractivity contribution in [2.24, 2.45) is 5.73 Å². The van der Waals surface area contributed by atoms with Gasteiger partial charge in [-0.25, -0.2) is 0 Å². The minimum absolute atomic E-state index is 0.245. The first-order valence-electron chi connectivity index (χ1n) is 7.25. The van der Waals surface area contributed by atoms with Crippen LogP contribution in [-0.2, 0) is 19.2 Å². The predicted octanol–water partition coefficient (Wildman–Crippen LogP) is -2.28. The van der Waals surface area contributed by atoms with Crippen LogP contribution in [0.15, 0.2) is 12.2 Å². The van der Waals surface area contributed by atoms with Gasteiger partial charge in [0, 0.05) is 11.5 Å². The van der Waals surface area contributed by atoms with Crippen molar-refractivity contribution in [2.75, 3.05) is 38.2 Å². The van der Waals surface area contributed by atoms with Crippen LogP contribution in [-0.4, -0.2) is 67.9 Å². The largest absolute Gasteiger partial charge is 0.368 e. The quantitative estimate of drug-likeness (QED) is 0.248. The molecular formula is C14H25N5O4S. The molecule has 0 rings (SSSR count). The molecule has 0 unspecified atom stereocenters. The van der Waals surface area contributed by atoms with Gasteiger partial charge in [-0.1, -0.05) is 12.2 Å². The summed E-state index contributed by atoms with van der Waals surface area (Å²) in [6.45, 7) is 4.86. The molecule has 0 bridgehead atoms. The highest BCUT2D eigenvalue weighted by Gasteiger charge is 2.17. The van der Waals surface area contributed by atoms with E-state index in [4.69, 9.17) is 5.73 Å². The molecule has 9 nitrogen and oxygen atoms in total. The van der Waals surface area contributed by atoms with Gasteiger partial charge in [-0.15, -0.1) is 0 Å². The molecule has 24 heavy (non-hydrogen) atoms. The summed E-state index contributed by atoms with van der Waals surface area (Å²) in [5, 5.41) is 9.91. The average molecular weight is 359 g/mol. The van der Waals surface area contributed by atoms with Crippen molar-refractivity contribution in [3.05, 3.63) is 12.2 Å². The Morgan fingerprint density at radius 2 is 1.58 bits per heavy atom.